The molecule has 1 atom stereocenters. The number of imide groups is 1. The lowest BCUT2D eigenvalue weighted by molar-refractivity contribution is -0.123. The molecule has 7 heteroatoms. The largest absolute Gasteiger partial charge is 0.489 e. The van der Waals surface area contributed by atoms with Crippen molar-refractivity contribution in [1.29, 1.82) is 0 Å². The highest BCUT2D eigenvalue weighted by Gasteiger charge is 2.32. The molecule has 1 aliphatic rings. The van der Waals surface area contributed by atoms with Crippen molar-refractivity contribution in [2.75, 3.05) is 0 Å². The molecule has 1 unspecified atom stereocenters. The van der Waals surface area contributed by atoms with E-state index in [0.29, 0.717) is 35.3 Å². The van der Waals surface area contributed by atoms with Gasteiger partial charge in [0.1, 0.15) is 23.9 Å². The monoisotopic (exact) mass is 451 g/mol. The molecular formula is C25H22ClNO5. The molecular weight excluding hydrogens is 430 g/mol. The van der Waals surface area contributed by atoms with Gasteiger partial charge in [0.05, 0.1) is 5.02 Å². The van der Waals surface area contributed by atoms with E-state index in [9.17, 15) is 9.59 Å². The minimum Gasteiger partial charge on any atom is -0.489 e. The summed E-state index contributed by atoms with van der Waals surface area (Å²) < 4.78 is 16.8. The van der Waals surface area contributed by atoms with E-state index in [1.807, 2.05) is 55.5 Å². The predicted molar refractivity (Wildman–Crippen MR) is 120 cm³/mol. The Morgan fingerprint density at radius 3 is 2.44 bits per heavy atom. The molecule has 0 aliphatic carbocycles. The number of halogens is 1. The van der Waals surface area contributed by atoms with Crippen LogP contribution in [0, 0.1) is 0 Å². The standard InChI is InChI=1S/C25H22ClNO5/c1-2-17-12-20(9-8-18(17)13-23-24(28)27-25(29)32-23)31-22-11-10-19(14-21(22)26)30-15-16-6-4-3-5-7-16/h3-12,14,23H,2,13,15H2,1H3,(H,27,28,29). The first-order chi connectivity index (χ1) is 15.5. The van der Waals surface area contributed by atoms with Crippen molar-refractivity contribution in [3.63, 3.8) is 0 Å². The molecule has 1 N–H and O–H groups in total. The van der Waals surface area contributed by atoms with Crippen molar-refractivity contribution in [3.05, 3.63) is 88.4 Å². The van der Waals surface area contributed by atoms with Gasteiger partial charge in [0.25, 0.3) is 5.91 Å². The maximum atomic E-state index is 11.8. The fraction of sp³-hybridized carbons (Fsp3) is 0.200. The number of carbonyl (C=O) groups excluding carboxylic acids is 2. The predicted octanol–water partition coefficient (Wildman–Crippen LogP) is 5.45. The van der Waals surface area contributed by atoms with Gasteiger partial charge in [-0.15, -0.1) is 0 Å². The van der Waals surface area contributed by atoms with Crippen molar-refractivity contribution in [2.45, 2.75) is 32.5 Å². The molecule has 1 aliphatic heterocycles. The first-order valence-corrected chi connectivity index (χ1v) is 10.7. The third kappa shape index (κ3) is 5.21. The van der Waals surface area contributed by atoms with Crippen LogP contribution >= 0.6 is 11.6 Å². The number of ether oxygens (including phenoxy) is 3. The van der Waals surface area contributed by atoms with Crippen LogP contribution in [0.5, 0.6) is 17.2 Å². The van der Waals surface area contributed by atoms with Gasteiger partial charge in [-0.25, -0.2) is 4.79 Å². The molecule has 1 heterocycles. The van der Waals surface area contributed by atoms with E-state index in [-0.39, 0.29) is 0 Å². The summed E-state index contributed by atoms with van der Waals surface area (Å²) >= 11 is 6.41. The van der Waals surface area contributed by atoms with Crippen LogP contribution in [0.2, 0.25) is 5.02 Å². The smallest absolute Gasteiger partial charge is 0.414 e. The van der Waals surface area contributed by atoms with Gasteiger partial charge < -0.3 is 14.2 Å². The molecule has 0 radical (unpaired) electrons. The van der Waals surface area contributed by atoms with Crippen molar-refractivity contribution in [1.82, 2.24) is 5.32 Å². The van der Waals surface area contributed by atoms with Crippen molar-refractivity contribution in [3.8, 4) is 17.2 Å². The topological polar surface area (TPSA) is 73.9 Å². The number of rotatable bonds is 8. The number of benzene rings is 3. The summed E-state index contributed by atoms with van der Waals surface area (Å²) in [6.45, 7) is 2.46. The summed E-state index contributed by atoms with van der Waals surface area (Å²) in [5.74, 6) is 1.37. The average Bonchev–Trinajstić information content (AvgIpc) is 3.12. The highest BCUT2D eigenvalue weighted by atomic mass is 35.5. The lowest BCUT2D eigenvalue weighted by Gasteiger charge is -2.14. The summed E-state index contributed by atoms with van der Waals surface area (Å²) in [6, 6.07) is 20.8. The zero-order chi connectivity index (χ0) is 22.5. The Kier molecular flexibility index (Phi) is 6.61. The number of nitrogens with one attached hydrogen (secondary N) is 1. The van der Waals surface area contributed by atoms with E-state index < -0.39 is 18.1 Å². The normalized spacial score (nSPS) is 15.2. The summed E-state index contributed by atoms with van der Waals surface area (Å²) in [7, 11) is 0. The van der Waals surface area contributed by atoms with E-state index >= 15 is 0 Å². The van der Waals surface area contributed by atoms with Gasteiger partial charge in [-0.1, -0.05) is 54.9 Å². The van der Waals surface area contributed by atoms with Crippen LogP contribution in [0.25, 0.3) is 0 Å². The second-order valence-electron chi connectivity index (χ2n) is 7.34. The Morgan fingerprint density at radius 2 is 1.75 bits per heavy atom. The minimum atomic E-state index is -0.808. The van der Waals surface area contributed by atoms with E-state index in [2.05, 4.69) is 5.32 Å². The Bertz CT molecular complexity index is 1130. The van der Waals surface area contributed by atoms with Gasteiger partial charge in [0.15, 0.2) is 6.10 Å². The van der Waals surface area contributed by atoms with Crippen LogP contribution in [-0.4, -0.2) is 18.1 Å². The number of cyclic esters (lactones) is 1. The van der Waals surface area contributed by atoms with Gasteiger partial charge in [-0.05, 0) is 47.4 Å². The van der Waals surface area contributed by atoms with Crippen LogP contribution in [0.3, 0.4) is 0 Å². The number of aryl methyl sites for hydroxylation is 1. The van der Waals surface area contributed by atoms with Gasteiger partial charge in [-0.3, -0.25) is 10.1 Å². The van der Waals surface area contributed by atoms with E-state index in [4.69, 9.17) is 25.8 Å². The molecule has 1 fully saturated rings. The van der Waals surface area contributed by atoms with E-state index in [0.717, 1.165) is 23.1 Å². The number of hydrogen-bond donors (Lipinski definition) is 1. The second-order valence-corrected chi connectivity index (χ2v) is 7.75. The first-order valence-electron chi connectivity index (χ1n) is 10.3. The van der Waals surface area contributed by atoms with Crippen molar-refractivity contribution >= 4 is 23.6 Å². The molecule has 6 nitrogen and oxygen atoms in total. The van der Waals surface area contributed by atoms with E-state index in [1.165, 1.54) is 0 Å². The number of alkyl carbamates (subject to hydrolysis) is 1. The fourth-order valence-corrected chi connectivity index (χ4v) is 3.65. The summed E-state index contributed by atoms with van der Waals surface area (Å²) in [5.41, 5.74) is 2.99. The molecule has 0 spiro atoms. The molecule has 2 amide bonds. The molecule has 4 rings (SSSR count). The number of hydrogen-bond acceptors (Lipinski definition) is 5. The lowest BCUT2D eigenvalue weighted by Crippen LogP contribution is -2.26. The Hall–Kier alpha value is -3.51. The lowest BCUT2D eigenvalue weighted by atomic mass is 9.99. The Morgan fingerprint density at radius 1 is 0.969 bits per heavy atom. The van der Waals surface area contributed by atoms with Gasteiger partial charge in [0.2, 0.25) is 0 Å². The summed E-state index contributed by atoms with van der Waals surface area (Å²) in [5, 5.41) is 2.59. The molecule has 164 valence electrons. The maximum Gasteiger partial charge on any atom is 0.414 e. The molecule has 1 saturated heterocycles. The van der Waals surface area contributed by atoms with Crippen LogP contribution in [0.15, 0.2) is 66.7 Å². The zero-order valence-electron chi connectivity index (χ0n) is 17.5. The Balaban J connectivity index is 1.43. The molecule has 3 aromatic rings. The van der Waals surface area contributed by atoms with Crippen molar-refractivity contribution in [2.24, 2.45) is 0 Å². The Labute approximate surface area is 191 Å². The van der Waals surface area contributed by atoms with Crippen LogP contribution in [0.1, 0.15) is 23.6 Å². The number of amides is 2. The number of carbonyl (C=O) groups is 2. The highest BCUT2D eigenvalue weighted by Crippen LogP contribution is 2.34. The molecule has 32 heavy (non-hydrogen) atoms. The summed E-state index contributed by atoms with van der Waals surface area (Å²) in [4.78, 5) is 23.0. The zero-order valence-corrected chi connectivity index (χ0v) is 18.2. The quantitative estimate of drug-likeness (QED) is 0.493. The highest BCUT2D eigenvalue weighted by molar-refractivity contribution is 6.32. The van der Waals surface area contributed by atoms with Crippen molar-refractivity contribution < 1.29 is 23.8 Å². The van der Waals surface area contributed by atoms with E-state index in [1.54, 1.807) is 18.2 Å². The third-order valence-corrected chi connectivity index (χ3v) is 5.41. The first kappa shape index (κ1) is 21.7. The van der Waals surface area contributed by atoms with Gasteiger partial charge in [0, 0.05) is 12.5 Å². The second kappa shape index (κ2) is 9.75. The summed E-state index contributed by atoms with van der Waals surface area (Å²) in [6.07, 6.45) is -0.467. The fourth-order valence-electron chi connectivity index (χ4n) is 3.44. The van der Waals surface area contributed by atoms with Crippen LogP contribution < -0.4 is 14.8 Å². The van der Waals surface area contributed by atoms with Crippen LogP contribution in [0.4, 0.5) is 4.79 Å². The van der Waals surface area contributed by atoms with Crippen LogP contribution in [-0.2, 0) is 29.0 Å². The SMILES string of the molecule is CCc1cc(Oc2ccc(OCc3ccccc3)cc2Cl)ccc1CC1OC(=O)NC1=O. The maximum absolute atomic E-state index is 11.8. The van der Waals surface area contributed by atoms with Gasteiger partial charge >= 0.3 is 6.09 Å². The average molecular weight is 452 g/mol. The molecule has 0 bridgehead atoms. The molecule has 0 aromatic heterocycles. The van der Waals surface area contributed by atoms with Gasteiger partial charge in [-0.2, -0.15) is 0 Å². The molecule has 3 aromatic carbocycles. The molecule has 0 saturated carbocycles. The third-order valence-electron chi connectivity index (χ3n) is 5.11. The minimum absolute atomic E-state index is 0.315.